The molecule has 7 heteroatoms. The molecule has 3 rings (SSSR count). The Bertz CT molecular complexity index is 723. The summed E-state index contributed by atoms with van der Waals surface area (Å²) >= 11 is 1.29. The second kappa shape index (κ2) is 5.54. The van der Waals surface area contributed by atoms with Gasteiger partial charge in [-0.1, -0.05) is 11.3 Å². The van der Waals surface area contributed by atoms with Crippen LogP contribution in [0.25, 0.3) is 11.3 Å². The van der Waals surface area contributed by atoms with E-state index in [-0.39, 0.29) is 0 Å². The van der Waals surface area contributed by atoms with Crippen LogP contribution in [0.4, 0.5) is 15.8 Å². The van der Waals surface area contributed by atoms with Gasteiger partial charge in [-0.05, 0) is 24.3 Å². The molecule has 20 heavy (non-hydrogen) atoms. The fraction of sp³-hybridized carbons (Fsp3) is 0. The molecule has 2 N–H and O–H groups in total. The summed E-state index contributed by atoms with van der Waals surface area (Å²) in [5.41, 5.74) is 8.04. The van der Waals surface area contributed by atoms with Crippen molar-refractivity contribution in [2.45, 2.75) is 0 Å². The summed E-state index contributed by atoms with van der Waals surface area (Å²) in [5, 5.41) is 9.49. The van der Waals surface area contributed by atoms with Crippen LogP contribution in [0.2, 0.25) is 0 Å². The highest BCUT2D eigenvalue weighted by Gasteiger charge is 2.11. The van der Waals surface area contributed by atoms with Crippen molar-refractivity contribution in [3.8, 4) is 11.3 Å². The molecular formula is C13H10N6S. The lowest BCUT2D eigenvalue weighted by molar-refractivity contribution is 1.21. The number of nitrogens with two attached hydrogens (primary N) is 1. The van der Waals surface area contributed by atoms with Crippen molar-refractivity contribution in [3.05, 3.63) is 49.1 Å². The van der Waals surface area contributed by atoms with Gasteiger partial charge in [-0.3, -0.25) is 9.97 Å². The first kappa shape index (κ1) is 12.4. The van der Waals surface area contributed by atoms with Crippen molar-refractivity contribution in [2.75, 3.05) is 5.73 Å². The third kappa shape index (κ3) is 2.67. The normalized spacial score (nSPS) is 11.0. The highest BCUT2D eigenvalue weighted by molar-refractivity contribution is 7.19. The van der Waals surface area contributed by atoms with Crippen LogP contribution in [0.5, 0.6) is 0 Å². The maximum atomic E-state index is 5.76. The minimum absolute atomic E-state index is 0.451. The van der Waals surface area contributed by atoms with Gasteiger partial charge in [-0.15, -0.1) is 10.2 Å². The maximum absolute atomic E-state index is 5.76. The van der Waals surface area contributed by atoms with E-state index in [1.54, 1.807) is 36.9 Å². The Labute approximate surface area is 119 Å². The van der Waals surface area contributed by atoms with Crippen LogP contribution in [-0.4, -0.2) is 15.0 Å². The lowest BCUT2D eigenvalue weighted by Gasteiger charge is -1.96. The SMILES string of the molecule is Nc1nc(-c2cccnc2)c(N=Nc2ccncc2)s1. The van der Waals surface area contributed by atoms with Crippen LogP contribution in [0, 0.1) is 0 Å². The zero-order valence-corrected chi connectivity index (χ0v) is 11.2. The third-order valence-corrected chi connectivity index (χ3v) is 3.25. The molecule has 0 amide bonds. The first-order valence-electron chi connectivity index (χ1n) is 5.81. The molecule has 3 heterocycles. The predicted molar refractivity (Wildman–Crippen MR) is 78.2 cm³/mol. The second-order valence-corrected chi connectivity index (χ2v) is 4.86. The van der Waals surface area contributed by atoms with Crippen LogP contribution in [-0.2, 0) is 0 Å². The standard InChI is InChI=1S/C13H10N6S/c14-13-17-11(9-2-1-5-16-8-9)12(20-13)19-18-10-3-6-15-7-4-10/h1-8H,(H2,14,17). The van der Waals surface area contributed by atoms with E-state index in [1.165, 1.54) is 11.3 Å². The van der Waals surface area contributed by atoms with Crippen LogP contribution >= 0.6 is 11.3 Å². The molecule has 0 saturated carbocycles. The van der Waals surface area contributed by atoms with Gasteiger partial charge in [0.2, 0.25) is 0 Å². The molecule has 0 spiro atoms. The van der Waals surface area contributed by atoms with Crippen LogP contribution in [0.15, 0.2) is 59.3 Å². The van der Waals surface area contributed by atoms with Crippen LogP contribution in [0.3, 0.4) is 0 Å². The molecule has 0 aromatic carbocycles. The molecule has 0 aliphatic heterocycles. The number of aromatic nitrogens is 3. The summed E-state index contributed by atoms with van der Waals surface area (Å²) in [4.78, 5) is 12.3. The van der Waals surface area contributed by atoms with Gasteiger partial charge in [0.15, 0.2) is 10.1 Å². The molecule has 0 fully saturated rings. The molecule has 0 radical (unpaired) electrons. The largest absolute Gasteiger partial charge is 0.375 e. The fourth-order valence-corrected chi connectivity index (χ4v) is 2.28. The molecule has 3 aromatic rings. The Balaban J connectivity index is 1.97. The first-order chi connectivity index (χ1) is 9.83. The fourth-order valence-electron chi connectivity index (χ4n) is 1.60. The second-order valence-electron chi connectivity index (χ2n) is 3.85. The van der Waals surface area contributed by atoms with Crippen molar-refractivity contribution < 1.29 is 0 Å². The van der Waals surface area contributed by atoms with Crippen molar-refractivity contribution in [1.82, 2.24) is 15.0 Å². The van der Waals surface area contributed by atoms with Gasteiger partial charge in [0.1, 0.15) is 5.69 Å². The van der Waals surface area contributed by atoms with Crippen LogP contribution < -0.4 is 5.73 Å². The maximum Gasteiger partial charge on any atom is 0.182 e. The Morgan fingerprint density at radius 3 is 2.60 bits per heavy atom. The Hall–Kier alpha value is -2.67. The van der Waals surface area contributed by atoms with Crippen LogP contribution in [0.1, 0.15) is 0 Å². The van der Waals surface area contributed by atoms with Gasteiger partial charge >= 0.3 is 0 Å². The van der Waals surface area contributed by atoms with E-state index in [4.69, 9.17) is 5.73 Å². The van der Waals surface area contributed by atoms with E-state index in [0.717, 1.165) is 11.3 Å². The molecule has 3 aromatic heterocycles. The molecule has 0 aliphatic carbocycles. The van der Waals surface area contributed by atoms with Crippen molar-refractivity contribution in [3.63, 3.8) is 0 Å². The molecule has 98 valence electrons. The highest BCUT2D eigenvalue weighted by Crippen LogP contribution is 2.37. The van der Waals surface area contributed by atoms with Gasteiger partial charge in [-0.25, -0.2) is 4.98 Å². The number of nitrogen functional groups attached to an aromatic ring is 1. The summed E-state index contributed by atoms with van der Waals surface area (Å²) in [5.74, 6) is 0. The molecule has 0 aliphatic rings. The van der Waals surface area contributed by atoms with Crippen molar-refractivity contribution in [1.29, 1.82) is 0 Å². The van der Waals surface area contributed by atoms with Gasteiger partial charge in [0.25, 0.3) is 0 Å². The van der Waals surface area contributed by atoms with Gasteiger partial charge in [0.05, 0.1) is 5.69 Å². The number of hydrogen-bond donors (Lipinski definition) is 1. The smallest absolute Gasteiger partial charge is 0.182 e. The van der Waals surface area contributed by atoms with E-state index in [1.807, 2.05) is 12.1 Å². The van der Waals surface area contributed by atoms with E-state index in [9.17, 15) is 0 Å². The minimum Gasteiger partial charge on any atom is -0.375 e. The van der Waals surface area contributed by atoms with Crippen molar-refractivity contribution in [2.24, 2.45) is 10.2 Å². The molecule has 0 unspecified atom stereocenters. The summed E-state index contributed by atoms with van der Waals surface area (Å²) in [7, 11) is 0. The van der Waals surface area contributed by atoms with E-state index in [2.05, 4.69) is 25.2 Å². The lowest BCUT2D eigenvalue weighted by atomic mass is 10.2. The summed E-state index contributed by atoms with van der Waals surface area (Å²) in [6, 6.07) is 7.30. The Kier molecular flexibility index (Phi) is 3.42. The van der Waals surface area contributed by atoms with Gasteiger partial charge in [-0.2, -0.15) is 0 Å². The number of anilines is 1. The Morgan fingerprint density at radius 1 is 1.00 bits per heavy atom. The quantitative estimate of drug-likeness (QED) is 0.743. The number of pyridine rings is 2. The molecule has 0 atom stereocenters. The summed E-state index contributed by atoms with van der Waals surface area (Å²) in [6.45, 7) is 0. The van der Waals surface area contributed by atoms with E-state index in [0.29, 0.717) is 15.8 Å². The molecule has 0 bridgehead atoms. The minimum atomic E-state index is 0.451. The number of nitrogens with zero attached hydrogens (tertiary/aromatic N) is 5. The zero-order chi connectivity index (χ0) is 13.8. The summed E-state index contributed by atoms with van der Waals surface area (Å²) in [6.07, 6.45) is 6.76. The monoisotopic (exact) mass is 282 g/mol. The number of hydrogen-bond acceptors (Lipinski definition) is 7. The topological polar surface area (TPSA) is 89.4 Å². The molecular weight excluding hydrogens is 272 g/mol. The average molecular weight is 282 g/mol. The van der Waals surface area contributed by atoms with E-state index >= 15 is 0 Å². The van der Waals surface area contributed by atoms with Gasteiger partial charge in [0, 0.05) is 30.4 Å². The lowest BCUT2D eigenvalue weighted by Crippen LogP contribution is -1.83. The number of azo groups is 1. The van der Waals surface area contributed by atoms with Crippen molar-refractivity contribution >= 4 is 27.2 Å². The summed E-state index contributed by atoms with van der Waals surface area (Å²) < 4.78 is 0. The molecule has 6 nitrogen and oxygen atoms in total. The highest BCUT2D eigenvalue weighted by atomic mass is 32.1. The zero-order valence-electron chi connectivity index (χ0n) is 10.3. The first-order valence-corrected chi connectivity index (χ1v) is 6.63. The predicted octanol–water partition coefficient (Wildman–Crippen LogP) is 3.60. The van der Waals surface area contributed by atoms with Gasteiger partial charge < -0.3 is 5.73 Å². The Morgan fingerprint density at radius 2 is 1.85 bits per heavy atom. The van der Waals surface area contributed by atoms with E-state index < -0.39 is 0 Å². The molecule has 0 saturated heterocycles. The number of rotatable bonds is 3. The number of thiazole rings is 1. The average Bonchev–Trinajstić information content (AvgIpc) is 2.88. The third-order valence-electron chi connectivity index (χ3n) is 2.48.